The van der Waals surface area contributed by atoms with Gasteiger partial charge in [0.05, 0.1) is 0 Å². The van der Waals surface area contributed by atoms with E-state index in [1.54, 1.807) is 0 Å². The summed E-state index contributed by atoms with van der Waals surface area (Å²) in [7, 11) is 0. The lowest BCUT2D eigenvalue weighted by Gasteiger charge is -2.11. The molecule has 1 atom stereocenters. The fourth-order valence-corrected chi connectivity index (χ4v) is 2.02. The first-order valence-electron chi connectivity index (χ1n) is 3.96. The zero-order valence-corrected chi connectivity index (χ0v) is 10.0. The van der Waals surface area contributed by atoms with Gasteiger partial charge >= 0.3 is 0 Å². The third-order valence-corrected chi connectivity index (χ3v) is 3.00. The smallest absolute Gasteiger partial charge is 0.0410 e. The van der Waals surface area contributed by atoms with Crippen LogP contribution in [0.5, 0.6) is 0 Å². The van der Waals surface area contributed by atoms with Crippen LogP contribution in [0.25, 0.3) is 0 Å². The Hall–Kier alpha value is -0.0600. The number of nitrogens with two attached hydrogens (primary N) is 1. The highest BCUT2D eigenvalue weighted by molar-refractivity contribution is 14.1. The molecule has 0 saturated carbocycles. The fourth-order valence-electron chi connectivity index (χ4n) is 1.11. The summed E-state index contributed by atoms with van der Waals surface area (Å²) >= 11 is 8.14. The van der Waals surface area contributed by atoms with Gasteiger partial charge in [-0.3, -0.25) is 0 Å². The Bertz CT molecular complexity index is 312. The molecule has 1 unspecified atom stereocenters. The Balaban J connectivity index is 2.97. The molecule has 0 aliphatic carbocycles. The van der Waals surface area contributed by atoms with E-state index in [0.29, 0.717) is 0 Å². The molecule has 13 heavy (non-hydrogen) atoms. The Morgan fingerprint density at radius 3 is 2.92 bits per heavy atom. The summed E-state index contributed by atoms with van der Waals surface area (Å²) in [6.45, 7) is 3.66. The second kappa shape index (κ2) is 4.98. The Kier molecular flexibility index (Phi) is 4.22. The molecule has 1 nitrogen and oxygen atoms in total. The number of rotatable bonds is 3. The second-order valence-electron chi connectivity index (χ2n) is 2.80. The van der Waals surface area contributed by atoms with Gasteiger partial charge < -0.3 is 5.73 Å². The fraction of sp³-hybridized carbons (Fsp3) is 0.200. The molecule has 0 radical (unpaired) electrons. The van der Waals surface area contributed by atoms with Crippen LogP contribution < -0.4 is 5.73 Å². The SMILES string of the molecule is C=CCC(N)c1cc(Cl)ccc1I. The van der Waals surface area contributed by atoms with Gasteiger partial charge in [0.15, 0.2) is 0 Å². The molecule has 2 N–H and O–H groups in total. The van der Waals surface area contributed by atoms with E-state index in [9.17, 15) is 0 Å². The molecule has 0 aliphatic heterocycles. The molecule has 70 valence electrons. The van der Waals surface area contributed by atoms with Crippen LogP contribution in [0.4, 0.5) is 0 Å². The van der Waals surface area contributed by atoms with Gasteiger partial charge in [-0.2, -0.15) is 0 Å². The van der Waals surface area contributed by atoms with E-state index in [1.807, 2.05) is 24.3 Å². The molecule has 0 heterocycles. The lowest BCUT2D eigenvalue weighted by Crippen LogP contribution is -2.10. The molecule has 0 saturated heterocycles. The van der Waals surface area contributed by atoms with Crippen molar-refractivity contribution in [3.63, 3.8) is 0 Å². The molecule has 0 aromatic heterocycles. The van der Waals surface area contributed by atoms with Crippen LogP contribution in [-0.2, 0) is 0 Å². The van der Waals surface area contributed by atoms with Crippen molar-refractivity contribution in [3.8, 4) is 0 Å². The highest BCUT2D eigenvalue weighted by atomic mass is 127. The van der Waals surface area contributed by atoms with Crippen molar-refractivity contribution >= 4 is 34.2 Å². The van der Waals surface area contributed by atoms with Gasteiger partial charge in [0, 0.05) is 14.6 Å². The van der Waals surface area contributed by atoms with Crippen LogP contribution in [0.2, 0.25) is 5.02 Å². The van der Waals surface area contributed by atoms with Crippen LogP contribution in [0.1, 0.15) is 18.0 Å². The summed E-state index contributed by atoms with van der Waals surface area (Å²) < 4.78 is 1.15. The molecular formula is C10H11ClIN. The zero-order chi connectivity index (χ0) is 9.84. The van der Waals surface area contributed by atoms with Gasteiger partial charge in [-0.25, -0.2) is 0 Å². The van der Waals surface area contributed by atoms with Gasteiger partial charge in [0.2, 0.25) is 0 Å². The van der Waals surface area contributed by atoms with E-state index >= 15 is 0 Å². The molecule has 0 bridgehead atoms. The lowest BCUT2D eigenvalue weighted by atomic mass is 10.1. The number of hydrogen-bond acceptors (Lipinski definition) is 1. The molecule has 0 fully saturated rings. The molecule has 1 aromatic carbocycles. The maximum Gasteiger partial charge on any atom is 0.0410 e. The van der Waals surface area contributed by atoms with Crippen molar-refractivity contribution in [1.82, 2.24) is 0 Å². The van der Waals surface area contributed by atoms with E-state index in [1.165, 1.54) is 0 Å². The first-order chi connectivity index (χ1) is 6.15. The van der Waals surface area contributed by atoms with Crippen molar-refractivity contribution in [2.45, 2.75) is 12.5 Å². The Morgan fingerprint density at radius 1 is 1.62 bits per heavy atom. The first kappa shape index (κ1) is 11.0. The Morgan fingerprint density at radius 2 is 2.31 bits per heavy atom. The summed E-state index contributed by atoms with van der Waals surface area (Å²) in [5, 5.41) is 0.731. The van der Waals surface area contributed by atoms with Crippen molar-refractivity contribution in [2.75, 3.05) is 0 Å². The van der Waals surface area contributed by atoms with Gasteiger partial charge in [-0.15, -0.1) is 6.58 Å². The van der Waals surface area contributed by atoms with Gasteiger partial charge in [-0.1, -0.05) is 17.7 Å². The highest BCUT2D eigenvalue weighted by Crippen LogP contribution is 2.24. The van der Waals surface area contributed by atoms with Crippen LogP contribution >= 0.6 is 34.2 Å². The third kappa shape index (κ3) is 2.97. The quantitative estimate of drug-likeness (QED) is 0.671. The van der Waals surface area contributed by atoms with E-state index in [0.717, 1.165) is 20.6 Å². The molecular weight excluding hydrogens is 296 g/mol. The molecule has 0 spiro atoms. The number of halogens is 2. The Labute approximate surface area is 97.1 Å². The third-order valence-electron chi connectivity index (χ3n) is 1.78. The monoisotopic (exact) mass is 307 g/mol. The topological polar surface area (TPSA) is 26.0 Å². The average Bonchev–Trinajstić information content (AvgIpc) is 2.09. The zero-order valence-electron chi connectivity index (χ0n) is 7.13. The predicted molar refractivity (Wildman–Crippen MR) is 65.9 cm³/mol. The minimum atomic E-state index is 0.00287. The van der Waals surface area contributed by atoms with E-state index in [4.69, 9.17) is 17.3 Å². The van der Waals surface area contributed by atoms with E-state index in [2.05, 4.69) is 29.2 Å². The minimum absolute atomic E-state index is 0.00287. The second-order valence-corrected chi connectivity index (χ2v) is 4.40. The average molecular weight is 308 g/mol. The molecule has 0 aliphatic rings. The molecule has 3 heteroatoms. The summed E-state index contributed by atoms with van der Waals surface area (Å²) in [6.07, 6.45) is 2.60. The lowest BCUT2D eigenvalue weighted by molar-refractivity contribution is 0.737. The van der Waals surface area contributed by atoms with Crippen molar-refractivity contribution in [3.05, 3.63) is 45.0 Å². The largest absolute Gasteiger partial charge is 0.324 e. The summed E-state index contributed by atoms with van der Waals surface area (Å²) in [4.78, 5) is 0. The van der Waals surface area contributed by atoms with Crippen LogP contribution in [0, 0.1) is 3.57 Å². The number of benzene rings is 1. The predicted octanol–water partition coefficient (Wildman–Crippen LogP) is 3.52. The number of hydrogen-bond donors (Lipinski definition) is 1. The summed E-state index contributed by atoms with van der Waals surface area (Å²) in [6, 6.07) is 5.76. The van der Waals surface area contributed by atoms with Crippen molar-refractivity contribution < 1.29 is 0 Å². The van der Waals surface area contributed by atoms with Crippen LogP contribution in [0.15, 0.2) is 30.9 Å². The first-order valence-corrected chi connectivity index (χ1v) is 5.42. The molecule has 1 aromatic rings. The van der Waals surface area contributed by atoms with Gasteiger partial charge in [-0.05, 0) is 52.8 Å². The standard InChI is InChI=1S/C10H11ClIN/c1-2-3-10(13)8-6-7(11)4-5-9(8)12/h2,4-6,10H,1,3,13H2. The highest BCUT2D eigenvalue weighted by Gasteiger charge is 2.08. The van der Waals surface area contributed by atoms with Crippen LogP contribution in [-0.4, -0.2) is 0 Å². The van der Waals surface area contributed by atoms with Crippen molar-refractivity contribution in [1.29, 1.82) is 0 Å². The van der Waals surface area contributed by atoms with E-state index in [-0.39, 0.29) is 6.04 Å². The maximum absolute atomic E-state index is 5.94. The van der Waals surface area contributed by atoms with Gasteiger partial charge in [0.25, 0.3) is 0 Å². The van der Waals surface area contributed by atoms with Crippen LogP contribution in [0.3, 0.4) is 0 Å². The molecule has 1 rings (SSSR count). The summed E-state index contributed by atoms with van der Waals surface area (Å²) in [5.41, 5.74) is 7.03. The van der Waals surface area contributed by atoms with Gasteiger partial charge in [0.1, 0.15) is 0 Å². The van der Waals surface area contributed by atoms with Crippen molar-refractivity contribution in [2.24, 2.45) is 5.73 Å². The molecule has 0 amide bonds. The summed E-state index contributed by atoms with van der Waals surface area (Å²) in [5.74, 6) is 0. The normalized spacial score (nSPS) is 12.5. The maximum atomic E-state index is 5.94. The minimum Gasteiger partial charge on any atom is -0.324 e. The van der Waals surface area contributed by atoms with E-state index < -0.39 is 0 Å².